The fourth-order valence-corrected chi connectivity index (χ4v) is 4.44. The second kappa shape index (κ2) is 8.73. The quantitative estimate of drug-likeness (QED) is 0.624. The van der Waals surface area contributed by atoms with Gasteiger partial charge in [0.15, 0.2) is 5.78 Å². The summed E-state index contributed by atoms with van der Waals surface area (Å²) in [6, 6.07) is 13.8. The second-order valence-electron chi connectivity index (χ2n) is 7.89. The first kappa shape index (κ1) is 20.8. The Kier molecular flexibility index (Phi) is 5.86. The van der Waals surface area contributed by atoms with E-state index in [0.29, 0.717) is 18.1 Å². The van der Waals surface area contributed by atoms with Crippen LogP contribution in [0.2, 0.25) is 0 Å². The van der Waals surface area contributed by atoms with E-state index in [4.69, 9.17) is 14.9 Å². The molecule has 160 valence electrons. The molecular weight excluding hydrogens is 398 g/mol. The van der Waals surface area contributed by atoms with Crippen molar-refractivity contribution in [2.45, 2.75) is 18.9 Å². The SMILES string of the molecule is O=C(O)C=CC(=O)O.O=C1c2ccccc2-c2ccc(O[C@@H]3CN4CCC3CC4)cc21. The van der Waals surface area contributed by atoms with Crippen LogP contribution in [0.15, 0.2) is 54.6 Å². The molecule has 31 heavy (non-hydrogen) atoms. The largest absolute Gasteiger partial charge is 0.489 e. The van der Waals surface area contributed by atoms with Crippen molar-refractivity contribution in [3.8, 4) is 16.9 Å². The average Bonchev–Trinajstić information content (AvgIpc) is 3.06. The van der Waals surface area contributed by atoms with E-state index in [1.807, 2.05) is 42.5 Å². The summed E-state index contributed by atoms with van der Waals surface area (Å²) in [6.07, 6.45) is 3.86. The number of benzene rings is 2. The minimum absolute atomic E-state index is 0.120. The van der Waals surface area contributed by atoms with Crippen molar-refractivity contribution >= 4 is 17.7 Å². The van der Waals surface area contributed by atoms with Crippen LogP contribution in [0.5, 0.6) is 5.75 Å². The van der Waals surface area contributed by atoms with Crippen LogP contribution in [0.3, 0.4) is 0 Å². The van der Waals surface area contributed by atoms with Gasteiger partial charge in [0, 0.05) is 29.8 Å². The molecule has 1 atom stereocenters. The number of piperidine rings is 3. The van der Waals surface area contributed by atoms with Crippen molar-refractivity contribution in [1.29, 1.82) is 0 Å². The molecule has 3 fully saturated rings. The molecule has 0 radical (unpaired) electrons. The lowest BCUT2D eigenvalue weighted by Gasteiger charge is -2.44. The van der Waals surface area contributed by atoms with Crippen molar-refractivity contribution in [3.05, 3.63) is 65.7 Å². The third kappa shape index (κ3) is 4.51. The van der Waals surface area contributed by atoms with Crippen LogP contribution in [0.4, 0.5) is 0 Å². The molecule has 3 saturated heterocycles. The van der Waals surface area contributed by atoms with Gasteiger partial charge in [-0.1, -0.05) is 24.3 Å². The number of rotatable bonds is 4. The minimum atomic E-state index is -1.26. The van der Waals surface area contributed by atoms with Crippen LogP contribution in [0.1, 0.15) is 28.8 Å². The Morgan fingerprint density at radius 1 is 0.903 bits per heavy atom. The summed E-state index contributed by atoms with van der Waals surface area (Å²) >= 11 is 0. The Balaban J connectivity index is 0.000000250. The average molecular weight is 421 g/mol. The topological polar surface area (TPSA) is 104 Å². The third-order valence-corrected chi connectivity index (χ3v) is 5.95. The molecule has 2 bridgehead atoms. The molecule has 0 spiro atoms. The van der Waals surface area contributed by atoms with Crippen LogP contribution in [0.25, 0.3) is 11.1 Å². The Labute approximate surface area is 179 Å². The normalized spacial score (nSPS) is 23.0. The van der Waals surface area contributed by atoms with E-state index < -0.39 is 11.9 Å². The number of nitrogens with zero attached hydrogens (tertiary/aromatic N) is 1. The van der Waals surface area contributed by atoms with E-state index >= 15 is 0 Å². The summed E-state index contributed by atoms with van der Waals surface area (Å²) in [6.45, 7) is 3.45. The number of carboxylic acid groups (broad SMARTS) is 2. The van der Waals surface area contributed by atoms with Crippen LogP contribution >= 0.6 is 0 Å². The molecule has 2 N–H and O–H groups in total. The van der Waals surface area contributed by atoms with Gasteiger partial charge in [0.1, 0.15) is 11.9 Å². The minimum Gasteiger partial charge on any atom is -0.489 e. The Hall–Kier alpha value is -3.45. The van der Waals surface area contributed by atoms with E-state index in [1.54, 1.807) is 0 Å². The summed E-state index contributed by atoms with van der Waals surface area (Å²) in [4.78, 5) is 34.2. The molecule has 0 aromatic heterocycles. The van der Waals surface area contributed by atoms with Gasteiger partial charge in [-0.15, -0.1) is 0 Å². The van der Waals surface area contributed by atoms with Crippen molar-refractivity contribution in [2.75, 3.05) is 19.6 Å². The summed E-state index contributed by atoms with van der Waals surface area (Å²) in [7, 11) is 0. The highest BCUT2D eigenvalue weighted by Crippen LogP contribution is 2.39. The van der Waals surface area contributed by atoms with Gasteiger partial charge < -0.3 is 14.9 Å². The molecule has 6 rings (SSSR count). The number of hydrogen-bond acceptors (Lipinski definition) is 5. The van der Waals surface area contributed by atoms with Gasteiger partial charge in [-0.3, -0.25) is 9.69 Å². The maximum absolute atomic E-state index is 12.6. The number of carbonyl (C=O) groups is 3. The van der Waals surface area contributed by atoms with E-state index in [1.165, 1.54) is 25.9 Å². The van der Waals surface area contributed by atoms with Crippen LogP contribution in [-0.2, 0) is 9.59 Å². The number of ether oxygens (including phenoxy) is 1. The van der Waals surface area contributed by atoms with Gasteiger partial charge in [-0.25, -0.2) is 9.59 Å². The Morgan fingerprint density at radius 3 is 2.10 bits per heavy atom. The van der Waals surface area contributed by atoms with Crippen molar-refractivity contribution in [2.24, 2.45) is 5.92 Å². The summed E-state index contributed by atoms with van der Waals surface area (Å²) < 4.78 is 6.27. The van der Waals surface area contributed by atoms with Crippen molar-refractivity contribution in [3.63, 3.8) is 0 Å². The first-order valence-electron chi connectivity index (χ1n) is 10.2. The van der Waals surface area contributed by atoms with Gasteiger partial charge >= 0.3 is 11.9 Å². The zero-order valence-electron chi connectivity index (χ0n) is 16.9. The van der Waals surface area contributed by atoms with Gasteiger partial charge in [0.2, 0.25) is 0 Å². The highest BCUT2D eigenvalue weighted by Gasteiger charge is 2.36. The zero-order valence-corrected chi connectivity index (χ0v) is 16.9. The molecule has 4 aliphatic rings. The van der Waals surface area contributed by atoms with Gasteiger partial charge in [-0.2, -0.15) is 0 Å². The third-order valence-electron chi connectivity index (χ3n) is 5.95. The Morgan fingerprint density at radius 2 is 1.52 bits per heavy atom. The number of aliphatic carboxylic acids is 2. The fraction of sp³-hybridized carbons (Fsp3) is 0.292. The maximum atomic E-state index is 12.6. The smallest absolute Gasteiger partial charge is 0.328 e. The van der Waals surface area contributed by atoms with Crippen LogP contribution in [-0.4, -0.2) is 58.6 Å². The lowest BCUT2D eigenvalue weighted by molar-refractivity contribution is -0.134. The van der Waals surface area contributed by atoms with E-state index in [-0.39, 0.29) is 11.9 Å². The van der Waals surface area contributed by atoms with E-state index in [0.717, 1.165) is 34.5 Å². The molecule has 0 amide bonds. The molecule has 7 heteroatoms. The highest BCUT2D eigenvalue weighted by atomic mass is 16.5. The van der Waals surface area contributed by atoms with Crippen LogP contribution in [0, 0.1) is 5.92 Å². The van der Waals surface area contributed by atoms with E-state index in [9.17, 15) is 14.4 Å². The second-order valence-corrected chi connectivity index (χ2v) is 7.89. The lowest BCUT2D eigenvalue weighted by Crippen LogP contribution is -2.52. The van der Waals surface area contributed by atoms with Gasteiger partial charge in [-0.05, 0) is 61.2 Å². The van der Waals surface area contributed by atoms with Crippen LogP contribution < -0.4 is 4.74 Å². The number of carbonyl (C=O) groups excluding carboxylic acids is 1. The number of carboxylic acids is 2. The van der Waals surface area contributed by atoms with Gasteiger partial charge in [0.25, 0.3) is 0 Å². The van der Waals surface area contributed by atoms with Gasteiger partial charge in [0.05, 0.1) is 0 Å². The van der Waals surface area contributed by atoms with E-state index in [2.05, 4.69) is 4.90 Å². The first-order valence-corrected chi connectivity index (χ1v) is 10.2. The molecular formula is C24H23NO6. The molecule has 3 heterocycles. The standard InChI is InChI=1S/C20H19NO2.C4H4O4/c22-20-17-4-2-1-3-15(17)16-6-5-14(11-18(16)20)23-19-12-21-9-7-13(19)8-10-21;5-3(6)1-2-4(7)8/h1-6,11,13,19H,7-10,12H2;1-2H,(H,5,6)(H,7,8)/t19-;/m1./s1. The highest BCUT2D eigenvalue weighted by molar-refractivity contribution is 6.21. The summed E-state index contributed by atoms with van der Waals surface area (Å²) in [5.41, 5.74) is 3.67. The van der Waals surface area contributed by atoms with Crippen molar-refractivity contribution in [1.82, 2.24) is 4.90 Å². The monoisotopic (exact) mass is 421 g/mol. The number of hydrogen-bond donors (Lipinski definition) is 2. The predicted molar refractivity (Wildman–Crippen MR) is 113 cm³/mol. The molecule has 3 aliphatic heterocycles. The number of fused-ring (bicyclic) bond motifs is 6. The van der Waals surface area contributed by atoms with Crippen molar-refractivity contribution < 1.29 is 29.3 Å². The molecule has 2 aromatic rings. The zero-order chi connectivity index (χ0) is 22.0. The molecule has 2 aromatic carbocycles. The maximum Gasteiger partial charge on any atom is 0.328 e. The fourth-order valence-electron chi connectivity index (χ4n) is 4.44. The molecule has 7 nitrogen and oxygen atoms in total. The summed E-state index contributed by atoms with van der Waals surface area (Å²) in [5, 5.41) is 15.6. The molecule has 0 unspecified atom stereocenters. The summed E-state index contributed by atoms with van der Waals surface area (Å²) in [5.74, 6) is -0.889. The lowest BCUT2D eigenvalue weighted by atomic mass is 9.86. The number of ketones is 1. The predicted octanol–water partition coefficient (Wildman–Crippen LogP) is 3.08. The Bertz CT molecular complexity index is 1040. The molecule has 0 saturated carbocycles. The molecule has 1 aliphatic carbocycles. The first-order chi connectivity index (χ1) is 14.9.